The van der Waals surface area contributed by atoms with Gasteiger partial charge in [0.05, 0.1) is 27.9 Å². The average molecular weight is 1090 g/mol. The molecule has 0 bridgehead atoms. The van der Waals surface area contributed by atoms with E-state index in [-0.39, 0.29) is 16.6 Å². The highest BCUT2D eigenvalue weighted by atomic mass is 19.1. The summed E-state index contributed by atoms with van der Waals surface area (Å²) in [6.07, 6.45) is 0. The molecule has 0 amide bonds. The van der Waals surface area contributed by atoms with Crippen molar-refractivity contribution in [2.45, 2.75) is 52.4 Å². The molecule has 0 aliphatic rings. The number of nitrogens with zero attached hydrogens (tertiary/aromatic N) is 3. The molecule has 2 heterocycles. The van der Waals surface area contributed by atoms with Crippen molar-refractivity contribution in [3.8, 4) is 33.4 Å². The molecule has 84 heavy (non-hydrogen) atoms. The quantitative estimate of drug-likeness (QED) is 0.143. The van der Waals surface area contributed by atoms with Gasteiger partial charge in [-0.1, -0.05) is 248 Å². The van der Waals surface area contributed by atoms with Gasteiger partial charge in [0.1, 0.15) is 5.82 Å². The van der Waals surface area contributed by atoms with E-state index in [2.05, 4.69) is 304 Å². The third-order valence-corrected chi connectivity index (χ3v) is 16.9. The molecule has 0 saturated heterocycles. The summed E-state index contributed by atoms with van der Waals surface area (Å²) < 4.78 is 18.6. The van der Waals surface area contributed by atoms with Crippen LogP contribution in [-0.4, -0.2) is 4.40 Å². The number of hydrogen-bond acceptors (Lipinski definition) is 2. The van der Waals surface area contributed by atoms with Crippen LogP contribution in [0.4, 0.5) is 38.5 Å². The predicted octanol–water partition coefficient (Wildman–Crippen LogP) is 22.9. The molecule has 0 aliphatic heterocycles. The summed E-state index contributed by atoms with van der Waals surface area (Å²) >= 11 is 0. The molecule has 0 radical (unpaired) electrons. The Labute approximate surface area is 491 Å². The second-order valence-electron chi connectivity index (χ2n) is 24.3. The molecule has 406 valence electrons. The van der Waals surface area contributed by atoms with Crippen LogP contribution in [0.3, 0.4) is 0 Å². The molecule has 0 saturated carbocycles. The van der Waals surface area contributed by atoms with Crippen molar-refractivity contribution in [3.63, 3.8) is 0 Å². The maximum absolute atomic E-state index is 16.1. The Kier molecular flexibility index (Phi) is 12.9. The summed E-state index contributed by atoms with van der Waals surface area (Å²) in [7, 11) is 0. The second-order valence-corrected chi connectivity index (χ2v) is 24.3. The summed E-state index contributed by atoms with van der Waals surface area (Å²) in [4.78, 5) is 4.68. The van der Waals surface area contributed by atoms with Gasteiger partial charge >= 0.3 is 0 Å². The van der Waals surface area contributed by atoms with Gasteiger partial charge in [0, 0.05) is 44.3 Å². The number of aromatic nitrogens is 1. The first-order valence-corrected chi connectivity index (χ1v) is 29.2. The Morgan fingerprint density at radius 2 is 0.726 bits per heavy atom. The number of benzene rings is 12. The van der Waals surface area contributed by atoms with Crippen LogP contribution in [0, 0.1) is 5.82 Å². The first-order valence-electron chi connectivity index (χ1n) is 29.2. The summed E-state index contributed by atoms with van der Waals surface area (Å²) in [5.41, 5.74) is 17.8. The summed E-state index contributed by atoms with van der Waals surface area (Å²) in [6, 6.07) is 100. The number of rotatable bonds is 9. The van der Waals surface area contributed by atoms with Crippen LogP contribution in [0.15, 0.2) is 279 Å². The Balaban J connectivity index is 1.15. The Hall–Kier alpha value is -10.0. The maximum atomic E-state index is 16.1. The molecule has 0 atom stereocenters. The molecule has 3 nitrogen and oxygen atoms in total. The molecule has 14 aromatic rings. The monoisotopic (exact) mass is 1090 g/mol. The van der Waals surface area contributed by atoms with Crippen molar-refractivity contribution in [2.75, 3.05) is 9.80 Å². The van der Waals surface area contributed by atoms with Gasteiger partial charge in [-0.3, -0.25) is 0 Å². The van der Waals surface area contributed by atoms with Crippen molar-refractivity contribution < 1.29 is 4.39 Å². The van der Waals surface area contributed by atoms with Gasteiger partial charge in [-0.15, -0.1) is 0 Å². The van der Waals surface area contributed by atoms with Crippen LogP contribution in [0.1, 0.15) is 52.7 Å². The molecular weight excluding hydrogens is 1020 g/mol. The fourth-order valence-corrected chi connectivity index (χ4v) is 12.6. The smallest absolute Gasteiger partial charge is 0.125 e. The van der Waals surface area contributed by atoms with E-state index in [1.54, 1.807) is 6.07 Å². The predicted molar refractivity (Wildman–Crippen MR) is 357 cm³/mol. The van der Waals surface area contributed by atoms with Gasteiger partial charge in [0.15, 0.2) is 0 Å². The average Bonchev–Trinajstić information content (AvgIpc) is 2.06. The minimum Gasteiger partial charge on any atom is -0.310 e. The lowest BCUT2D eigenvalue weighted by molar-refractivity contribution is 0.569. The maximum Gasteiger partial charge on any atom is 0.125 e. The van der Waals surface area contributed by atoms with Gasteiger partial charge in [-0.25, -0.2) is 4.39 Å². The van der Waals surface area contributed by atoms with Gasteiger partial charge in [-0.05, 0) is 150 Å². The van der Waals surface area contributed by atoms with Crippen LogP contribution < -0.4 is 9.80 Å². The van der Waals surface area contributed by atoms with Gasteiger partial charge in [0.25, 0.3) is 0 Å². The van der Waals surface area contributed by atoms with Crippen molar-refractivity contribution in [1.29, 1.82) is 0 Å². The highest BCUT2D eigenvalue weighted by molar-refractivity contribution is 6.27. The lowest BCUT2D eigenvalue weighted by Gasteiger charge is -2.31. The minimum absolute atomic E-state index is 0.0731. The van der Waals surface area contributed by atoms with Crippen LogP contribution >= 0.6 is 0 Å². The Bertz CT molecular complexity index is 4820. The van der Waals surface area contributed by atoms with E-state index in [9.17, 15) is 0 Å². The molecule has 0 aliphatic carbocycles. The number of hydrogen-bond donors (Lipinski definition) is 0. The highest BCUT2D eigenvalue weighted by Gasteiger charge is 2.27. The Morgan fingerprint density at radius 1 is 0.286 bits per heavy atom. The molecule has 2 aromatic heterocycles. The zero-order valence-corrected chi connectivity index (χ0v) is 48.3. The van der Waals surface area contributed by atoms with E-state index in [4.69, 9.17) is 0 Å². The van der Waals surface area contributed by atoms with Gasteiger partial charge in [-0.2, -0.15) is 0 Å². The van der Waals surface area contributed by atoms with E-state index in [0.717, 1.165) is 105 Å². The molecule has 12 aromatic carbocycles. The third kappa shape index (κ3) is 9.34. The summed E-state index contributed by atoms with van der Waals surface area (Å²) in [6.45, 7) is 13.8. The summed E-state index contributed by atoms with van der Waals surface area (Å²) in [5.74, 6) is -0.315. The molecular formula is C80H64FN3. The van der Waals surface area contributed by atoms with Gasteiger partial charge in [0.2, 0.25) is 0 Å². The SMILES string of the molecule is CC(C)(C)c1cc(-c2cccc(N(c3ccc(-c4ccccc4)cc3)c3cc(N(c4ccc(-c5ccccc5)cc4)c4cccc(F)c4)cc4c3c3cccc5c6ccccc6c6ccccc6c6ccccc6n4c53)c2)cc(C(C)(C)C)c1. The van der Waals surface area contributed by atoms with Crippen molar-refractivity contribution in [2.24, 2.45) is 0 Å². The van der Waals surface area contributed by atoms with Crippen molar-refractivity contribution in [3.05, 3.63) is 296 Å². The highest BCUT2D eigenvalue weighted by Crippen LogP contribution is 2.50. The van der Waals surface area contributed by atoms with Gasteiger partial charge < -0.3 is 14.2 Å². The van der Waals surface area contributed by atoms with Crippen molar-refractivity contribution >= 4 is 93.8 Å². The zero-order valence-electron chi connectivity index (χ0n) is 48.3. The lowest BCUT2D eigenvalue weighted by atomic mass is 9.79. The minimum atomic E-state index is -0.315. The van der Waals surface area contributed by atoms with E-state index < -0.39 is 0 Å². The van der Waals surface area contributed by atoms with E-state index in [1.165, 1.54) is 33.5 Å². The zero-order chi connectivity index (χ0) is 57.3. The fourth-order valence-electron chi connectivity index (χ4n) is 12.6. The molecule has 14 rings (SSSR count). The molecule has 0 fully saturated rings. The Morgan fingerprint density at radius 3 is 1.30 bits per heavy atom. The first kappa shape index (κ1) is 52.1. The third-order valence-electron chi connectivity index (χ3n) is 16.9. The number of fused-ring (bicyclic) bond motifs is 10. The normalized spacial score (nSPS) is 12.0. The van der Waals surface area contributed by atoms with Crippen LogP contribution in [-0.2, 0) is 10.8 Å². The lowest BCUT2D eigenvalue weighted by Crippen LogP contribution is -2.16. The van der Waals surface area contributed by atoms with E-state index in [0.29, 0.717) is 5.69 Å². The first-order chi connectivity index (χ1) is 40.8. The van der Waals surface area contributed by atoms with E-state index >= 15 is 4.39 Å². The standard InChI is InChI=1S/C80H64FN3/c1-79(2,3)59-46-58(47-60(49-59)80(4,5)6)57-26-19-28-64(48-57)83(63-44-40-56(41-45-63)54-24-11-8-12-25-54)75-51-66(82(65-29-20-27-61(81)50-65)62-42-38-55(39-43-62)53-22-9-7-10-23-53)52-76-77(75)73-36-21-35-72-70-33-16-14-31-68(70)67-30-13-15-32-69(67)71-34-17-18-37-74(71)84(76)78(72)73/h7-52H,1-6H3. The second kappa shape index (κ2) is 20.7. The van der Waals surface area contributed by atoms with Crippen molar-refractivity contribution in [1.82, 2.24) is 4.40 Å². The fraction of sp³-hybridized carbons (Fsp3) is 0.100. The largest absolute Gasteiger partial charge is 0.310 e. The number of para-hydroxylation sites is 2. The van der Waals surface area contributed by atoms with Crippen LogP contribution in [0.25, 0.3) is 93.0 Å². The molecule has 0 unspecified atom stereocenters. The molecule has 0 N–H and O–H groups in total. The van der Waals surface area contributed by atoms with Crippen LogP contribution in [0.2, 0.25) is 0 Å². The number of halogens is 1. The van der Waals surface area contributed by atoms with Crippen LogP contribution in [0.5, 0.6) is 0 Å². The molecule has 4 heteroatoms. The summed E-state index contributed by atoms with van der Waals surface area (Å²) in [5, 5.41) is 9.11. The van der Waals surface area contributed by atoms with E-state index in [1.807, 2.05) is 18.2 Å². The number of anilines is 6. The molecule has 0 spiro atoms. The topological polar surface area (TPSA) is 10.9 Å².